The number of imide groups is 1. The monoisotopic (exact) mass is 566 g/mol. The third kappa shape index (κ3) is 6.52. The van der Waals surface area contributed by atoms with Crippen molar-refractivity contribution < 1.29 is 14.0 Å². The number of hydrogen-bond acceptors (Lipinski definition) is 3. The highest BCUT2D eigenvalue weighted by Gasteiger charge is 2.33. The van der Waals surface area contributed by atoms with Crippen molar-refractivity contribution >= 4 is 34.4 Å². The third-order valence-corrected chi connectivity index (χ3v) is 8.74. The van der Waals surface area contributed by atoms with Gasteiger partial charge in [-0.2, -0.15) is 0 Å². The van der Waals surface area contributed by atoms with Gasteiger partial charge in [-0.15, -0.1) is 0 Å². The van der Waals surface area contributed by atoms with Gasteiger partial charge >= 0.3 is 6.03 Å². The fourth-order valence-corrected chi connectivity index (χ4v) is 6.31. The molecule has 0 spiro atoms. The van der Waals surface area contributed by atoms with E-state index >= 15 is 0 Å². The number of likely N-dealkylation sites (tertiary alicyclic amines) is 1. The number of amides is 3. The molecule has 2 aliphatic rings. The van der Waals surface area contributed by atoms with Crippen LogP contribution < -0.4 is 0 Å². The second-order valence-electron chi connectivity index (χ2n) is 11.2. The van der Waals surface area contributed by atoms with Crippen LogP contribution in [-0.2, 0) is 4.79 Å². The zero-order valence-electron chi connectivity index (χ0n) is 23.5. The minimum atomic E-state index is -0.247. The summed E-state index contributed by atoms with van der Waals surface area (Å²) in [5, 5.41) is 1.86. The smallest absolute Gasteiger partial charge is 0.321 e. The van der Waals surface area contributed by atoms with Crippen molar-refractivity contribution in [2.75, 3.05) is 39.3 Å². The second kappa shape index (κ2) is 13.2. The van der Waals surface area contributed by atoms with E-state index in [-0.39, 0.29) is 17.8 Å². The summed E-state index contributed by atoms with van der Waals surface area (Å²) >= 11 is 6.39. The van der Waals surface area contributed by atoms with E-state index in [4.69, 9.17) is 11.6 Å². The minimum Gasteiger partial charge on any atom is -0.321 e. The van der Waals surface area contributed by atoms with Crippen LogP contribution in [0.1, 0.15) is 69.8 Å². The highest BCUT2D eigenvalue weighted by molar-refractivity contribution is 6.31. The van der Waals surface area contributed by atoms with Crippen LogP contribution in [0.2, 0.25) is 5.02 Å². The molecule has 6 nitrogen and oxygen atoms in total. The fraction of sp³-hybridized carbons (Fsp3) is 0.500. The number of rotatable bonds is 11. The van der Waals surface area contributed by atoms with Gasteiger partial charge in [0, 0.05) is 54.9 Å². The maximum absolute atomic E-state index is 13.5. The second-order valence-corrected chi connectivity index (χ2v) is 11.6. The zero-order valence-corrected chi connectivity index (χ0v) is 24.2. The lowest BCUT2D eigenvalue weighted by molar-refractivity contribution is -0.127. The molecule has 8 heteroatoms. The average Bonchev–Trinajstić information content (AvgIpc) is 3.52. The number of fused-ring (bicyclic) bond motifs is 1. The van der Waals surface area contributed by atoms with Crippen LogP contribution in [0.3, 0.4) is 0 Å². The Bertz CT molecular complexity index is 1320. The molecule has 2 saturated heterocycles. The van der Waals surface area contributed by atoms with Crippen LogP contribution in [0.25, 0.3) is 16.6 Å². The molecule has 0 unspecified atom stereocenters. The SMILES string of the molecule is CCCCCCCC(=O)N1CCN(CCN2CCC(c3cn(-c4ccc(F)cc4)c4ccc(Cl)cc34)CC2)C1=O. The molecule has 0 bridgehead atoms. The summed E-state index contributed by atoms with van der Waals surface area (Å²) in [6.45, 7) is 6.70. The Kier molecular flexibility index (Phi) is 9.43. The normalized spacial score (nSPS) is 16.9. The summed E-state index contributed by atoms with van der Waals surface area (Å²) in [4.78, 5) is 31.1. The van der Waals surface area contributed by atoms with Crippen molar-refractivity contribution in [3.05, 3.63) is 65.1 Å². The quantitative estimate of drug-likeness (QED) is 0.230. The van der Waals surface area contributed by atoms with Crippen LogP contribution in [0.15, 0.2) is 48.7 Å². The molecular formula is C32H40ClFN4O2. The maximum atomic E-state index is 13.5. The minimum absolute atomic E-state index is 0.0234. The molecule has 3 amide bonds. The number of nitrogens with zero attached hydrogens (tertiary/aromatic N) is 4. The summed E-state index contributed by atoms with van der Waals surface area (Å²) in [6, 6.07) is 12.4. The van der Waals surface area contributed by atoms with E-state index in [1.807, 2.05) is 23.1 Å². The van der Waals surface area contributed by atoms with E-state index in [0.717, 1.165) is 68.3 Å². The zero-order chi connectivity index (χ0) is 28.1. The van der Waals surface area contributed by atoms with Gasteiger partial charge in [0.05, 0.1) is 5.52 Å². The first kappa shape index (κ1) is 28.6. The number of benzene rings is 2. The molecule has 1 aromatic heterocycles. The molecule has 0 radical (unpaired) electrons. The Hall–Kier alpha value is -2.90. The molecule has 3 heterocycles. The summed E-state index contributed by atoms with van der Waals surface area (Å²) in [6.07, 6.45) is 10.2. The molecule has 0 N–H and O–H groups in total. The number of carbonyl (C=O) groups is 2. The first-order chi connectivity index (χ1) is 19.4. The first-order valence-electron chi connectivity index (χ1n) is 14.8. The van der Waals surface area contributed by atoms with Crippen molar-refractivity contribution in [2.24, 2.45) is 0 Å². The van der Waals surface area contributed by atoms with Crippen molar-refractivity contribution in [2.45, 2.75) is 64.2 Å². The van der Waals surface area contributed by atoms with Gasteiger partial charge in [-0.25, -0.2) is 9.18 Å². The van der Waals surface area contributed by atoms with Gasteiger partial charge in [0.2, 0.25) is 5.91 Å². The molecule has 2 fully saturated rings. The van der Waals surface area contributed by atoms with Gasteiger partial charge in [0.1, 0.15) is 5.82 Å². The third-order valence-electron chi connectivity index (χ3n) is 8.51. The van der Waals surface area contributed by atoms with Crippen molar-refractivity contribution in [3.63, 3.8) is 0 Å². The van der Waals surface area contributed by atoms with Gasteiger partial charge in [0.15, 0.2) is 0 Å². The molecule has 40 heavy (non-hydrogen) atoms. The Labute approximate surface area is 241 Å². The lowest BCUT2D eigenvalue weighted by atomic mass is 9.89. The van der Waals surface area contributed by atoms with Crippen LogP contribution in [0.5, 0.6) is 0 Å². The Morgan fingerprint density at radius 1 is 0.950 bits per heavy atom. The van der Waals surface area contributed by atoms with E-state index < -0.39 is 0 Å². The predicted octanol–water partition coefficient (Wildman–Crippen LogP) is 7.23. The summed E-state index contributed by atoms with van der Waals surface area (Å²) in [5.74, 6) is 0.131. The van der Waals surface area contributed by atoms with E-state index in [2.05, 4.69) is 22.6 Å². The van der Waals surface area contributed by atoms with Gasteiger partial charge < -0.3 is 14.4 Å². The summed E-state index contributed by atoms with van der Waals surface area (Å²) in [5.41, 5.74) is 3.28. The Morgan fingerprint density at radius 2 is 1.70 bits per heavy atom. The highest BCUT2D eigenvalue weighted by atomic mass is 35.5. The highest BCUT2D eigenvalue weighted by Crippen LogP contribution is 2.37. The molecule has 0 saturated carbocycles. The first-order valence-corrected chi connectivity index (χ1v) is 15.2. The fourth-order valence-electron chi connectivity index (χ4n) is 6.13. The Morgan fingerprint density at radius 3 is 2.45 bits per heavy atom. The molecule has 3 aromatic rings. The topological polar surface area (TPSA) is 48.8 Å². The van der Waals surface area contributed by atoms with Crippen molar-refractivity contribution in [1.29, 1.82) is 0 Å². The number of halogens is 2. The maximum Gasteiger partial charge on any atom is 0.326 e. The lowest BCUT2D eigenvalue weighted by Gasteiger charge is -2.33. The number of aromatic nitrogens is 1. The van der Waals surface area contributed by atoms with E-state index in [1.165, 1.54) is 35.4 Å². The van der Waals surface area contributed by atoms with E-state index in [0.29, 0.717) is 37.0 Å². The molecule has 0 atom stereocenters. The van der Waals surface area contributed by atoms with Gasteiger partial charge in [-0.1, -0.05) is 44.2 Å². The number of hydrogen-bond donors (Lipinski definition) is 0. The average molecular weight is 567 g/mol. The molecule has 2 aromatic carbocycles. The molecule has 5 rings (SSSR count). The van der Waals surface area contributed by atoms with Crippen LogP contribution in [-0.4, -0.2) is 70.5 Å². The molecule has 214 valence electrons. The number of unbranched alkanes of at least 4 members (excludes halogenated alkanes) is 4. The predicted molar refractivity (Wildman–Crippen MR) is 159 cm³/mol. The standard InChI is InChI=1S/C32H40ClFN4O2/c1-2-3-4-5-6-7-31(39)37-21-20-36(32(37)40)19-18-35-16-14-24(15-17-35)29-23-38(27-11-9-26(34)10-12-27)30-13-8-25(33)22-28(29)30/h8-13,22-24H,2-7,14-21H2,1H3. The number of carbonyl (C=O) groups excluding carboxylic acids is 2. The van der Waals surface area contributed by atoms with Crippen LogP contribution in [0, 0.1) is 5.82 Å². The number of piperidine rings is 1. The molecule has 0 aliphatic carbocycles. The Balaban J connectivity index is 1.14. The van der Waals surface area contributed by atoms with Crippen LogP contribution >= 0.6 is 11.6 Å². The molecular weight excluding hydrogens is 527 g/mol. The van der Waals surface area contributed by atoms with Gasteiger partial charge in [-0.3, -0.25) is 9.69 Å². The van der Waals surface area contributed by atoms with E-state index in [9.17, 15) is 14.0 Å². The van der Waals surface area contributed by atoms with Gasteiger partial charge in [0.25, 0.3) is 0 Å². The summed E-state index contributed by atoms with van der Waals surface area (Å²) < 4.78 is 15.7. The lowest BCUT2D eigenvalue weighted by Crippen LogP contribution is -2.41. The van der Waals surface area contributed by atoms with Crippen LogP contribution in [0.4, 0.5) is 9.18 Å². The number of urea groups is 1. The van der Waals surface area contributed by atoms with E-state index in [1.54, 1.807) is 12.1 Å². The molecule has 2 aliphatic heterocycles. The largest absolute Gasteiger partial charge is 0.326 e. The van der Waals surface area contributed by atoms with Crippen molar-refractivity contribution in [3.8, 4) is 5.69 Å². The van der Waals surface area contributed by atoms with Gasteiger partial charge in [-0.05, 0) is 86.3 Å². The summed E-state index contributed by atoms with van der Waals surface area (Å²) in [7, 11) is 0. The van der Waals surface area contributed by atoms with Crippen molar-refractivity contribution in [1.82, 2.24) is 19.3 Å².